The molecule has 2 fully saturated rings. The minimum Gasteiger partial charge on any atom is -0.450 e. The highest BCUT2D eigenvalue weighted by molar-refractivity contribution is 7.89. The Hall–Kier alpha value is -2.52. The van der Waals surface area contributed by atoms with Crippen LogP contribution in [0.5, 0.6) is 0 Å². The Bertz CT molecular complexity index is 1510. The van der Waals surface area contributed by atoms with Crippen LogP contribution >= 0.6 is 35.3 Å². The first-order valence-electron chi connectivity index (χ1n) is 14.0. The molecule has 0 N–H and O–H groups in total. The summed E-state index contributed by atoms with van der Waals surface area (Å²) in [5.41, 5.74) is 1.12. The van der Waals surface area contributed by atoms with Gasteiger partial charge in [-0.05, 0) is 55.8 Å². The Labute approximate surface area is 266 Å². The summed E-state index contributed by atoms with van der Waals surface area (Å²) in [4.78, 5) is 36.1. The Balaban J connectivity index is 0.00000423. The molecule has 43 heavy (non-hydrogen) atoms. The molecular formula is C28H35Cl2N5O6S2. The predicted octanol–water partition coefficient (Wildman–Crippen LogP) is 4.20. The summed E-state index contributed by atoms with van der Waals surface area (Å²) in [5.74, 6) is -0.255. The molecule has 234 valence electrons. The third kappa shape index (κ3) is 7.96. The van der Waals surface area contributed by atoms with E-state index in [-0.39, 0.29) is 56.0 Å². The molecule has 0 radical (unpaired) electrons. The van der Waals surface area contributed by atoms with E-state index < -0.39 is 16.1 Å². The van der Waals surface area contributed by atoms with Gasteiger partial charge in [0.1, 0.15) is 0 Å². The number of hydrogen-bond donors (Lipinski definition) is 0. The van der Waals surface area contributed by atoms with E-state index in [1.54, 1.807) is 30.0 Å². The molecule has 11 nitrogen and oxygen atoms in total. The van der Waals surface area contributed by atoms with Gasteiger partial charge in [-0.2, -0.15) is 4.31 Å². The van der Waals surface area contributed by atoms with Gasteiger partial charge in [0.15, 0.2) is 5.13 Å². The van der Waals surface area contributed by atoms with Crippen LogP contribution in [-0.4, -0.2) is 112 Å². The summed E-state index contributed by atoms with van der Waals surface area (Å²) >= 11 is 7.58. The maximum absolute atomic E-state index is 13.8. The number of hydrogen-bond acceptors (Lipinski definition) is 9. The number of anilines is 1. The number of benzene rings is 2. The fourth-order valence-corrected chi connectivity index (χ4v) is 7.65. The Morgan fingerprint density at radius 1 is 1.05 bits per heavy atom. The van der Waals surface area contributed by atoms with Crippen molar-refractivity contribution in [1.82, 2.24) is 19.1 Å². The van der Waals surface area contributed by atoms with Gasteiger partial charge in [-0.25, -0.2) is 18.2 Å². The van der Waals surface area contributed by atoms with E-state index in [1.807, 2.05) is 12.1 Å². The molecular weight excluding hydrogens is 637 g/mol. The van der Waals surface area contributed by atoms with Crippen molar-refractivity contribution in [1.29, 1.82) is 0 Å². The van der Waals surface area contributed by atoms with E-state index in [0.717, 1.165) is 36.3 Å². The summed E-state index contributed by atoms with van der Waals surface area (Å²) in [6, 6.07) is 11.5. The van der Waals surface area contributed by atoms with Crippen LogP contribution in [0.25, 0.3) is 10.2 Å². The number of ether oxygens (including phenoxy) is 2. The Kier molecular flexibility index (Phi) is 11.6. The van der Waals surface area contributed by atoms with Crippen LogP contribution in [0.15, 0.2) is 47.4 Å². The fourth-order valence-electron chi connectivity index (χ4n) is 4.96. The molecule has 1 aromatic heterocycles. The van der Waals surface area contributed by atoms with Crippen LogP contribution < -0.4 is 4.90 Å². The van der Waals surface area contributed by atoms with Crippen LogP contribution in [0.3, 0.4) is 0 Å². The number of fused-ring (bicyclic) bond motifs is 1. The highest BCUT2D eigenvalue weighted by Gasteiger charge is 2.31. The van der Waals surface area contributed by atoms with Gasteiger partial charge in [-0.15, -0.1) is 12.4 Å². The molecule has 2 saturated heterocycles. The monoisotopic (exact) mass is 671 g/mol. The average molecular weight is 673 g/mol. The van der Waals surface area contributed by atoms with Gasteiger partial charge in [-0.3, -0.25) is 14.6 Å². The van der Waals surface area contributed by atoms with Crippen LogP contribution in [0, 0.1) is 0 Å². The number of piperazine rings is 1. The zero-order valence-electron chi connectivity index (χ0n) is 23.8. The van der Waals surface area contributed by atoms with Crippen molar-refractivity contribution in [3.8, 4) is 0 Å². The van der Waals surface area contributed by atoms with Crippen LogP contribution in [0.4, 0.5) is 9.93 Å². The lowest BCUT2D eigenvalue weighted by Gasteiger charge is -2.33. The van der Waals surface area contributed by atoms with Crippen molar-refractivity contribution in [2.75, 3.05) is 77.1 Å². The molecule has 0 spiro atoms. The molecule has 3 heterocycles. The maximum Gasteiger partial charge on any atom is 0.409 e. The number of carbonyl (C=O) groups excluding carboxylic acids is 2. The van der Waals surface area contributed by atoms with Crippen molar-refractivity contribution in [3.05, 3.63) is 53.1 Å². The fraction of sp³-hybridized carbons (Fsp3) is 0.464. The third-order valence-corrected chi connectivity index (χ3v) is 10.5. The molecule has 3 aromatic rings. The number of rotatable bonds is 9. The van der Waals surface area contributed by atoms with Crippen molar-refractivity contribution in [2.24, 2.45) is 0 Å². The number of aromatic nitrogens is 1. The SMILES string of the molecule is CCOC(=O)N1CCN(S(=O)(=O)c2ccc(C(=O)N(CCCN3CCOCC3)c3nc4ccc(Cl)cc4s3)cc2)CC1.Cl. The van der Waals surface area contributed by atoms with Crippen LogP contribution in [-0.2, 0) is 19.5 Å². The van der Waals surface area contributed by atoms with E-state index in [0.29, 0.717) is 35.5 Å². The van der Waals surface area contributed by atoms with Crippen molar-refractivity contribution in [3.63, 3.8) is 0 Å². The largest absolute Gasteiger partial charge is 0.450 e. The maximum atomic E-state index is 13.8. The first-order chi connectivity index (χ1) is 20.3. The molecule has 0 saturated carbocycles. The minimum atomic E-state index is -3.80. The minimum absolute atomic E-state index is 0. The Morgan fingerprint density at radius 2 is 1.74 bits per heavy atom. The molecule has 2 aliphatic rings. The van der Waals surface area contributed by atoms with Gasteiger partial charge >= 0.3 is 6.09 Å². The zero-order chi connectivity index (χ0) is 29.7. The first kappa shape index (κ1) is 33.4. The van der Waals surface area contributed by atoms with Gasteiger partial charge in [0, 0.05) is 62.9 Å². The molecule has 0 bridgehead atoms. The van der Waals surface area contributed by atoms with E-state index in [2.05, 4.69) is 4.90 Å². The third-order valence-electron chi connectivity index (χ3n) is 7.28. The lowest BCUT2D eigenvalue weighted by atomic mass is 10.2. The number of amides is 2. The predicted molar refractivity (Wildman–Crippen MR) is 169 cm³/mol. The standard InChI is InChI=1S/C28H34ClN5O6S2.ClH/c1-2-40-28(36)32-12-14-33(15-13-32)42(37,38)23-7-4-21(5-8-23)26(35)34(11-3-10-31-16-18-39-19-17-31)27-30-24-9-6-22(29)20-25(24)41-27;/h4-9,20H,2-3,10-19H2,1H3;1H. The van der Waals surface area contributed by atoms with Gasteiger partial charge in [0.05, 0.1) is 34.9 Å². The molecule has 5 rings (SSSR count). The van der Waals surface area contributed by atoms with Crippen molar-refractivity contribution in [2.45, 2.75) is 18.2 Å². The van der Waals surface area contributed by atoms with Gasteiger partial charge in [0.2, 0.25) is 10.0 Å². The number of morpholine rings is 1. The van der Waals surface area contributed by atoms with Crippen molar-refractivity contribution >= 4 is 72.7 Å². The number of sulfonamides is 1. The molecule has 2 amide bonds. The molecule has 15 heteroatoms. The second-order valence-electron chi connectivity index (χ2n) is 9.99. The van der Waals surface area contributed by atoms with Crippen LogP contribution in [0.2, 0.25) is 5.02 Å². The van der Waals surface area contributed by atoms with E-state index in [1.165, 1.54) is 32.7 Å². The van der Waals surface area contributed by atoms with Crippen LogP contribution in [0.1, 0.15) is 23.7 Å². The topological polar surface area (TPSA) is 113 Å². The molecule has 2 aromatic carbocycles. The Morgan fingerprint density at radius 3 is 2.42 bits per heavy atom. The van der Waals surface area contributed by atoms with E-state index in [4.69, 9.17) is 26.1 Å². The van der Waals surface area contributed by atoms with E-state index in [9.17, 15) is 18.0 Å². The summed E-state index contributed by atoms with van der Waals surface area (Å²) in [6.45, 7) is 7.24. The lowest BCUT2D eigenvalue weighted by molar-refractivity contribution is 0.0376. The molecule has 0 atom stereocenters. The number of halogens is 2. The smallest absolute Gasteiger partial charge is 0.409 e. The second kappa shape index (κ2) is 15.0. The average Bonchev–Trinajstić information content (AvgIpc) is 3.42. The highest BCUT2D eigenvalue weighted by Crippen LogP contribution is 2.32. The van der Waals surface area contributed by atoms with Gasteiger partial charge in [-0.1, -0.05) is 22.9 Å². The van der Waals surface area contributed by atoms with Gasteiger partial charge < -0.3 is 14.4 Å². The van der Waals surface area contributed by atoms with Gasteiger partial charge in [0.25, 0.3) is 5.91 Å². The molecule has 2 aliphatic heterocycles. The number of thiazole rings is 1. The zero-order valence-corrected chi connectivity index (χ0v) is 27.0. The summed E-state index contributed by atoms with van der Waals surface area (Å²) in [7, 11) is -3.80. The number of nitrogens with zero attached hydrogens (tertiary/aromatic N) is 5. The summed E-state index contributed by atoms with van der Waals surface area (Å²) < 4.78 is 39.3. The molecule has 0 aliphatic carbocycles. The first-order valence-corrected chi connectivity index (χ1v) is 16.6. The molecule has 0 unspecified atom stereocenters. The summed E-state index contributed by atoms with van der Waals surface area (Å²) in [6.07, 6.45) is 0.301. The lowest BCUT2D eigenvalue weighted by Crippen LogP contribution is -2.50. The number of carbonyl (C=O) groups is 2. The summed E-state index contributed by atoms with van der Waals surface area (Å²) in [5, 5.41) is 1.16. The highest BCUT2D eigenvalue weighted by atomic mass is 35.5. The van der Waals surface area contributed by atoms with E-state index >= 15 is 0 Å². The quantitative estimate of drug-likeness (QED) is 0.333. The second-order valence-corrected chi connectivity index (χ2v) is 13.4. The van der Waals surface area contributed by atoms with Crippen molar-refractivity contribution < 1.29 is 27.5 Å². The normalized spacial score (nSPS) is 16.6.